The van der Waals surface area contributed by atoms with Gasteiger partial charge in [-0.1, -0.05) is 24.3 Å². The van der Waals surface area contributed by atoms with Gasteiger partial charge in [-0.25, -0.2) is 4.39 Å². The molecule has 0 saturated heterocycles. The molecule has 1 N–H and O–H groups in total. The lowest BCUT2D eigenvalue weighted by Crippen LogP contribution is -2.31. The van der Waals surface area contributed by atoms with Gasteiger partial charge >= 0.3 is 0 Å². The van der Waals surface area contributed by atoms with Crippen molar-refractivity contribution in [1.29, 1.82) is 0 Å². The van der Waals surface area contributed by atoms with Crippen LogP contribution in [0.15, 0.2) is 71.6 Å². The Kier molecular flexibility index (Phi) is 5.27. The Morgan fingerprint density at radius 1 is 1.00 bits per heavy atom. The molecule has 1 atom stereocenters. The first-order chi connectivity index (χ1) is 15.5. The van der Waals surface area contributed by atoms with E-state index in [1.807, 2.05) is 0 Å². The van der Waals surface area contributed by atoms with Gasteiger partial charge in [-0.2, -0.15) is 0 Å². The lowest BCUT2D eigenvalue weighted by atomic mass is 10.0. The summed E-state index contributed by atoms with van der Waals surface area (Å²) in [5, 5.41) is 3.00. The van der Waals surface area contributed by atoms with Crippen molar-refractivity contribution in [3.8, 4) is 0 Å². The van der Waals surface area contributed by atoms with Gasteiger partial charge in [0, 0.05) is 16.2 Å². The molecule has 3 aromatic carbocycles. The SMILES string of the molecule is O=C(NC1CCSc2ccc(F)cc21)c1cccc(CN2C(=O)c3ccccc3C2=O)c1. The standard InChI is InChI=1S/C25H19FN2O3S/c26-17-8-9-22-20(13-17)21(10-11-32-22)27-23(29)16-5-3-4-15(12-16)14-28-24(30)18-6-1-2-7-19(18)25(28)31/h1-9,12-13,21H,10-11,14H2,(H,27,29). The number of halogens is 1. The number of hydrogen-bond acceptors (Lipinski definition) is 4. The van der Waals surface area contributed by atoms with Gasteiger partial charge in [0.05, 0.1) is 23.7 Å². The van der Waals surface area contributed by atoms with Crippen LogP contribution in [0.4, 0.5) is 4.39 Å². The molecule has 3 amide bonds. The molecule has 0 aliphatic carbocycles. The van der Waals surface area contributed by atoms with E-state index in [1.165, 1.54) is 17.0 Å². The first kappa shape index (κ1) is 20.5. The normalized spacial score (nSPS) is 17.2. The number of thioether (sulfide) groups is 1. The van der Waals surface area contributed by atoms with E-state index in [2.05, 4.69) is 5.32 Å². The van der Waals surface area contributed by atoms with Crippen LogP contribution in [0.5, 0.6) is 0 Å². The van der Waals surface area contributed by atoms with Gasteiger partial charge in [0.25, 0.3) is 17.7 Å². The van der Waals surface area contributed by atoms with Crippen molar-refractivity contribution >= 4 is 29.5 Å². The zero-order valence-electron chi connectivity index (χ0n) is 17.0. The van der Waals surface area contributed by atoms with Crippen LogP contribution < -0.4 is 5.32 Å². The van der Waals surface area contributed by atoms with Crippen LogP contribution >= 0.6 is 11.8 Å². The molecular weight excluding hydrogens is 427 g/mol. The smallest absolute Gasteiger partial charge is 0.261 e. The van der Waals surface area contributed by atoms with Crippen LogP contribution in [-0.2, 0) is 6.54 Å². The molecule has 160 valence electrons. The summed E-state index contributed by atoms with van der Waals surface area (Å²) in [4.78, 5) is 40.4. The maximum Gasteiger partial charge on any atom is 0.261 e. The van der Waals surface area contributed by atoms with Gasteiger partial charge in [0.15, 0.2) is 0 Å². The van der Waals surface area contributed by atoms with Crippen LogP contribution in [0.25, 0.3) is 0 Å². The average molecular weight is 447 g/mol. The van der Waals surface area contributed by atoms with E-state index in [9.17, 15) is 18.8 Å². The summed E-state index contributed by atoms with van der Waals surface area (Å²) in [7, 11) is 0. The van der Waals surface area contributed by atoms with Crippen molar-refractivity contribution in [3.05, 3.63) is 100 Å². The van der Waals surface area contributed by atoms with Crippen molar-refractivity contribution in [3.63, 3.8) is 0 Å². The van der Waals surface area contributed by atoms with Crippen LogP contribution in [-0.4, -0.2) is 28.4 Å². The molecule has 32 heavy (non-hydrogen) atoms. The Morgan fingerprint density at radius 3 is 2.50 bits per heavy atom. The van der Waals surface area contributed by atoms with Gasteiger partial charge in [0.1, 0.15) is 5.82 Å². The molecule has 7 heteroatoms. The van der Waals surface area contributed by atoms with E-state index in [1.54, 1.807) is 66.4 Å². The largest absolute Gasteiger partial charge is 0.345 e. The summed E-state index contributed by atoms with van der Waals surface area (Å²) in [6.45, 7) is 0.0849. The van der Waals surface area contributed by atoms with E-state index >= 15 is 0 Å². The van der Waals surface area contributed by atoms with E-state index < -0.39 is 0 Å². The quantitative estimate of drug-likeness (QED) is 0.596. The second kappa shape index (κ2) is 8.24. The lowest BCUT2D eigenvalue weighted by molar-refractivity contribution is 0.0642. The minimum Gasteiger partial charge on any atom is -0.345 e. The molecule has 0 radical (unpaired) electrons. The van der Waals surface area contributed by atoms with Crippen molar-refractivity contribution in [1.82, 2.24) is 10.2 Å². The number of nitrogens with zero attached hydrogens (tertiary/aromatic N) is 1. The first-order valence-corrected chi connectivity index (χ1v) is 11.3. The van der Waals surface area contributed by atoms with Crippen LogP contribution in [0.2, 0.25) is 0 Å². The molecule has 0 fully saturated rings. The van der Waals surface area contributed by atoms with Crippen molar-refractivity contribution in [2.24, 2.45) is 0 Å². The highest BCUT2D eigenvalue weighted by Crippen LogP contribution is 2.36. The van der Waals surface area contributed by atoms with Crippen molar-refractivity contribution in [2.75, 3.05) is 5.75 Å². The molecule has 2 heterocycles. The van der Waals surface area contributed by atoms with E-state index in [0.29, 0.717) is 28.7 Å². The number of carbonyl (C=O) groups excluding carboxylic acids is 3. The molecule has 1 unspecified atom stereocenters. The zero-order valence-corrected chi connectivity index (χ0v) is 17.8. The number of carbonyl (C=O) groups is 3. The topological polar surface area (TPSA) is 66.5 Å². The molecular formula is C25H19FN2O3S. The van der Waals surface area contributed by atoms with Crippen LogP contribution in [0.3, 0.4) is 0 Å². The molecule has 0 saturated carbocycles. The van der Waals surface area contributed by atoms with Gasteiger partial charge < -0.3 is 5.32 Å². The van der Waals surface area contributed by atoms with Crippen LogP contribution in [0.1, 0.15) is 54.7 Å². The summed E-state index contributed by atoms with van der Waals surface area (Å²) in [6, 6.07) is 18.0. The first-order valence-electron chi connectivity index (χ1n) is 10.3. The van der Waals surface area contributed by atoms with Crippen LogP contribution in [0, 0.1) is 5.82 Å². The molecule has 3 aromatic rings. The molecule has 0 spiro atoms. The lowest BCUT2D eigenvalue weighted by Gasteiger charge is -2.26. The number of hydrogen-bond donors (Lipinski definition) is 1. The Bertz CT molecular complexity index is 1220. The number of fused-ring (bicyclic) bond motifs is 2. The molecule has 2 aliphatic rings. The highest BCUT2D eigenvalue weighted by Gasteiger charge is 2.35. The predicted octanol–water partition coefficient (Wildman–Crippen LogP) is 4.59. The Hall–Kier alpha value is -3.45. The third-order valence-corrected chi connectivity index (χ3v) is 6.85. The molecule has 5 rings (SSSR count). The minimum absolute atomic E-state index is 0.0849. The Labute approximate surface area is 188 Å². The Morgan fingerprint density at radius 2 is 1.75 bits per heavy atom. The van der Waals surface area contributed by atoms with Gasteiger partial charge in [-0.3, -0.25) is 19.3 Å². The minimum atomic E-state index is -0.334. The summed E-state index contributed by atoms with van der Waals surface area (Å²) >= 11 is 1.65. The second-order valence-corrected chi connectivity index (χ2v) is 8.92. The van der Waals surface area contributed by atoms with Crippen molar-refractivity contribution in [2.45, 2.75) is 23.9 Å². The van der Waals surface area contributed by atoms with Gasteiger partial charge in [-0.15, -0.1) is 11.8 Å². The van der Waals surface area contributed by atoms with Gasteiger partial charge in [0.2, 0.25) is 0 Å². The third-order valence-electron chi connectivity index (χ3n) is 5.72. The fourth-order valence-corrected chi connectivity index (χ4v) is 5.24. The molecule has 0 aromatic heterocycles. The number of imide groups is 1. The van der Waals surface area contributed by atoms with Gasteiger partial charge in [-0.05, 0) is 60.0 Å². The number of benzene rings is 3. The summed E-state index contributed by atoms with van der Waals surface area (Å²) < 4.78 is 13.8. The maximum atomic E-state index is 13.8. The molecule has 5 nitrogen and oxygen atoms in total. The number of amides is 3. The zero-order chi connectivity index (χ0) is 22.2. The fourth-order valence-electron chi connectivity index (χ4n) is 4.13. The Balaban J connectivity index is 1.33. The fraction of sp³-hybridized carbons (Fsp3) is 0.160. The third kappa shape index (κ3) is 3.69. The second-order valence-electron chi connectivity index (χ2n) is 7.79. The summed E-state index contributed by atoms with van der Waals surface area (Å²) in [5.74, 6) is -0.434. The van der Waals surface area contributed by atoms with E-state index in [-0.39, 0.29) is 36.1 Å². The highest BCUT2D eigenvalue weighted by molar-refractivity contribution is 7.99. The molecule has 0 bridgehead atoms. The summed E-state index contributed by atoms with van der Waals surface area (Å²) in [5.41, 5.74) is 2.68. The predicted molar refractivity (Wildman–Crippen MR) is 119 cm³/mol. The average Bonchev–Trinajstić information content (AvgIpc) is 3.05. The maximum absolute atomic E-state index is 13.8. The van der Waals surface area contributed by atoms with E-state index in [4.69, 9.17) is 0 Å². The monoisotopic (exact) mass is 446 g/mol. The molecule has 2 aliphatic heterocycles. The highest BCUT2D eigenvalue weighted by atomic mass is 32.2. The number of nitrogens with one attached hydrogen (secondary N) is 1. The number of rotatable bonds is 4. The van der Waals surface area contributed by atoms with Crippen molar-refractivity contribution < 1.29 is 18.8 Å². The van der Waals surface area contributed by atoms with E-state index in [0.717, 1.165) is 16.2 Å². The summed E-state index contributed by atoms with van der Waals surface area (Å²) in [6.07, 6.45) is 0.710.